The first-order valence-electron chi connectivity index (χ1n) is 14.1. The highest BCUT2D eigenvalue weighted by molar-refractivity contribution is 6.48. The number of carbonyl (C=O) groups excluding carboxylic acids is 2. The van der Waals surface area contributed by atoms with E-state index in [2.05, 4.69) is 70.9 Å². The summed E-state index contributed by atoms with van der Waals surface area (Å²) in [5, 5.41) is 8.44. The Hall–Kier alpha value is -3.13. The average molecular weight is 557 g/mol. The Morgan fingerprint density at radius 1 is 1.25 bits per heavy atom. The van der Waals surface area contributed by atoms with E-state index in [1.54, 1.807) is 0 Å². The predicted molar refractivity (Wildman–Crippen MR) is 148 cm³/mol. The van der Waals surface area contributed by atoms with Crippen molar-refractivity contribution in [3.8, 4) is 0 Å². The minimum atomic E-state index is -0.865. The fraction of sp³-hybridized carbons (Fsp3) is 0.731. The van der Waals surface area contributed by atoms with Crippen molar-refractivity contribution in [2.45, 2.75) is 90.4 Å². The lowest BCUT2D eigenvalue weighted by atomic mass is 9.43. The van der Waals surface area contributed by atoms with Crippen LogP contribution in [0.25, 0.3) is 0 Å². The molecule has 3 saturated carbocycles. The van der Waals surface area contributed by atoms with Crippen LogP contribution in [0.3, 0.4) is 0 Å². The first-order chi connectivity index (χ1) is 19.0. The van der Waals surface area contributed by atoms with Gasteiger partial charge in [0.15, 0.2) is 0 Å². The summed E-state index contributed by atoms with van der Waals surface area (Å²) in [6.07, 6.45) is 7.73. The molecule has 13 nitrogen and oxygen atoms in total. The van der Waals surface area contributed by atoms with Crippen LogP contribution in [0.5, 0.6) is 0 Å². The van der Waals surface area contributed by atoms with Gasteiger partial charge in [-0.2, -0.15) is 0 Å². The van der Waals surface area contributed by atoms with E-state index in [0.29, 0.717) is 37.6 Å². The van der Waals surface area contributed by atoms with Gasteiger partial charge in [-0.25, -0.2) is 4.98 Å². The monoisotopic (exact) mass is 557 g/mol. The molecule has 6 N–H and O–H groups in total. The van der Waals surface area contributed by atoms with E-state index in [0.717, 1.165) is 12.8 Å². The number of carbonyl (C=O) groups is 2. The highest BCUT2D eigenvalue weighted by atomic mass is 16.7. The fourth-order valence-corrected chi connectivity index (χ4v) is 6.64. The van der Waals surface area contributed by atoms with E-state index in [1.165, 1.54) is 18.6 Å². The number of nitrogens with zero attached hydrogens (tertiary/aromatic N) is 3. The van der Waals surface area contributed by atoms with Gasteiger partial charge in [0.1, 0.15) is 17.0 Å². The Morgan fingerprint density at radius 2 is 2.02 bits per heavy atom. The summed E-state index contributed by atoms with van der Waals surface area (Å²) in [6, 6.07) is -0.865. The maximum atomic E-state index is 13.7. The molecule has 0 spiro atoms. The van der Waals surface area contributed by atoms with Gasteiger partial charge in [-0.3, -0.25) is 25.3 Å². The lowest BCUT2D eigenvalue weighted by Crippen LogP contribution is -2.78. The third kappa shape index (κ3) is 6.27. The standard InChI is InChI=1S/C26H41BN8O5/c1-15(2)11-21(27-39-20-13-16-12-19(25(16,3)4)26(20,5)40-27)33-22(36)17(7-6-8-31-24(28)34-35-38)32-23(37)18-14-29-9-10-30-18/h9-10,14-17,19-21H,6-8,11-13H2,1-5H3,(H,32,37)(H,33,36)(H3,28,31,34,38)/p+1/t16-,17-,19-,20+,21-,26-/m0/s1. The van der Waals surface area contributed by atoms with Gasteiger partial charge in [0.25, 0.3) is 5.91 Å². The maximum Gasteiger partial charge on any atom is 0.481 e. The van der Waals surface area contributed by atoms with Crippen molar-refractivity contribution in [1.82, 2.24) is 26.0 Å². The summed E-state index contributed by atoms with van der Waals surface area (Å²) >= 11 is 0. The third-order valence-corrected chi connectivity index (χ3v) is 8.92. The minimum absolute atomic E-state index is 0.00293. The van der Waals surface area contributed by atoms with Crippen LogP contribution in [0.2, 0.25) is 0 Å². The molecule has 4 fully saturated rings. The van der Waals surface area contributed by atoms with Gasteiger partial charge in [0, 0.05) is 12.4 Å². The Bertz CT molecular complexity index is 1110. The number of hydrogen-bond donors (Lipinski definition) is 5. The van der Waals surface area contributed by atoms with Crippen molar-refractivity contribution >= 4 is 24.9 Å². The van der Waals surface area contributed by atoms with Gasteiger partial charge < -0.3 is 19.9 Å². The molecule has 6 atom stereocenters. The van der Waals surface area contributed by atoms with Crippen LogP contribution in [0.4, 0.5) is 0 Å². The molecule has 1 saturated heterocycles. The molecule has 0 unspecified atom stereocenters. The van der Waals surface area contributed by atoms with E-state index >= 15 is 0 Å². The Balaban J connectivity index is 1.46. The molecule has 1 aromatic rings. The van der Waals surface area contributed by atoms with E-state index < -0.39 is 30.6 Å². The second kappa shape index (κ2) is 12.2. The second-order valence-electron chi connectivity index (χ2n) is 12.4. The summed E-state index contributed by atoms with van der Waals surface area (Å²) < 4.78 is 13.2. The van der Waals surface area contributed by atoms with Crippen LogP contribution in [0, 0.1) is 28.1 Å². The molecule has 1 aromatic heterocycles. The molecule has 40 heavy (non-hydrogen) atoms. The van der Waals surface area contributed by atoms with Gasteiger partial charge in [-0.1, -0.05) is 27.7 Å². The molecule has 4 aliphatic rings. The number of nitrogens with one attached hydrogen (secondary N) is 4. The summed E-state index contributed by atoms with van der Waals surface area (Å²) in [5.41, 5.74) is 7.60. The summed E-state index contributed by atoms with van der Waals surface area (Å²) in [6.45, 7) is 11.3. The quantitative estimate of drug-likeness (QED) is 0.0581. The molecule has 14 heteroatoms. The topological polar surface area (TPSA) is 184 Å². The lowest BCUT2D eigenvalue weighted by Gasteiger charge is -2.64. The molecule has 2 bridgehead atoms. The zero-order valence-corrected chi connectivity index (χ0v) is 24.0. The van der Waals surface area contributed by atoms with E-state index in [1.807, 2.05) is 0 Å². The number of amides is 2. The van der Waals surface area contributed by atoms with Gasteiger partial charge >= 0.3 is 13.1 Å². The first kappa shape index (κ1) is 29.8. The van der Waals surface area contributed by atoms with E-state index in [4.69, 9.17) is 15.0 Å². The van der Waals surface area contributed by atoms with Crippen LogP contribution >= 0.6 is 0 Å². The summed E-state index contributed by atoms with van der Waals surface area (Å²) in [7, 11) is -0.578. The normalized spacial score (nSPS) is 28.2. The maximum absolute atomic E-state index is 13.7. The molecular weight excluding hydrogens is 515 g/mol. The van der Waals surface area contributed by atoms with Crippen molar-refractivity contribution in [3.63, 3.8) is 0 Å². The molecule has 0 radical (unpaired) electrons. The van der Waals surface area contributed by atoms with Crippen molar-refractivity contribution in [1.29, 1.82) is 0 Å². The molecule has 0 aromatic carbocycles. The molecule has 2 heterocycles. The van der Waals surface area contributed by atoms with Crippen molar-refractivity contribution < 1.29 is 23.9 Å². The first-order valence-corrected chi connectivity index (χ1v) is 14.1. The number of guanidine groups is 1. The summed E-state index contributed by atoms with van der Waals surface area (Å²) in [4.78, 5) is 47.6. The number of nitroso groups, excluding NO2 is 1. The lowest BCUT2D eigenvalue weighted by molar-refractivity contribution is -0.461. The molecular formula is C26H42BN8O5+. The Morgan fingerprint density at radius 3 is 2.67 bits per heavy atom. The van der Waals surface area contributed by atoms with Crippen molar-refractivity contribution in [3.05, 3.63) is 29.2 Å². The van der Waals surface area contributed by atoms with E-state index in [9.17, 15) is 14.5 Å². The second-order valence-corrected chi connectivity index (χ2v) is 12.4. The highest BCUT2D eigenvalue weighted by Gasteiger charge is 2.68. The van der Waals surface area contributed by atoms with Crippen molar-refractivity contribution in [2.75, 3.05) is 6.54 Å². The number of rotatable bonds is 12. The minimum Gasteiger partial charge on any atom is -0.404 e. The Kier molecular flexibility index (Phi) is 9.08. The molecule has 3 aliphatic carbocycles. The SMILES string of the molecule is CC(C)C[C@H](NC(=O)[C@H](CCC[NH+]=C(N)NN=O)NC(=O)c1cnccn1)B1O[C@@H]2C[C@@H]3C[C@@H](C3(C)C)[C@]2(C)O1. The zero-order valence-electron chi connectivity index (χ0n) is 24.0. The average Bonchev–Trinajstić information content (AvgIpc) is 3.27. The molecule has 1 aliphatic heterocycles. The smallest absolute Gasteiger partial charge is 0.404 e. The van der Waals surface area contributed by atoms with E-state index in [-0.39, 0.29) is 35.0 Å². The number of aromatic nitrogens is 2. The largest absolute Gasteiger partial charge is 0.481 e. The van der Waals surface area contributed by atoms with Crippen LogP contribution in [0.1, 0.15) is 77.2 Å². The Labute approximate surface area is 235 Å². The van der Waals surface area contributed by atoms with Crippen molar-refractivity contribution in [2.24, 2.45) is 34.2 Å². The number of nitrogens with two attached hydrogens (primary N) is 1. The van der Waals surface area contributed by atoms with Crippen LogP contribution in [-0.2, 0) is 14.1 Å². The van der Waals surface area contributed by atoms with Gasteiger partial charge in [0.2, 0.25) is 5.91 Å². The molecule has 2 amide bonds. The van der Waals surface area contributed by atoms with Gasteiger partial charge in [0.05, 0.1) is 30.4 Å². The van der Waals surface area contributed by atoms with Crippen LogP contribution in [0.15, 0.2) is 23.9 Å². The molecule has 5 rings (SSSR count). The fourth-order valence-electron chi connectivity index (χ4n) is 6.64. The van der Waals surface area contributed by atoms with Crippen LogP contribution in [-0.4, -0.2) is 65.1 Å². The number of hydrogen-bond acceptors (Lipinski definition) is 8. The predicted octanol–water partition coefficient (Wildman–Crippen LogP) is -0.180. The third-order valence-electron chi connectivity index (χ3n) is 8.92. The highest BCUT2D eigenvalue weighted by Crippen LogP contribution is 2.65. The molecule has 218 valence electrons. The summed E-state index contributed by atoms with van der Waals surface area (Å²) in [5.74, 6) is 0.0578. The van der Waals surface area contributed by atoms with Gasteiger partial charge in [-0.05, 0) is 62.2 Å². The van der Waals surface area contributed by atoms with Gasteiger partial charge in [-0.15, -0.1) is 10.3 Å². The van der Waals surface area contributed by atoms with Crippen LogP contribution < -0.4 is 26.8 Å². The zero-order chi connectivity index (χ0) is 29.1.